The first kappa shape index (κ1) is 22.6. The molecule has 3 aromatic rings. The van der Waals surface area contributed by atoms with E-state index in [0.717, 1.165) is 31.8 Å². The molecule has 2 fully saturated rings. The van der Waals surface area contributed by atoms with E-state index < -0.39 is 0 Å². The maximum absolute atomic E-state index is 12.8. The van der Waals surface area contributed by atoms with E-state index in [1.165, 1.54) is 35.4 Å². The van der Waals surface area contributed by atoms with E-state index in [2.05, 4.69) is 63.5 Å². The number of carbonyl (C=O) groups is 1. The van der Waals surface area contributed by atoms with E-state index in [9.17, 15) is 4.79 Å². The molecule has 180 valence electrons. The van der Waals surface area contributed by atoms with Crippen LogP contribution in [0.15, 0.2) is 47.1 Å². The average Bonchev–Trinajstić information content (AvgIpc) is 3.58. The summed E-state index contributed by atoms with van der Waals surface area (Å²) in [5, 5.41) is 13.2. The SMILES string of the molecule is CN(C)c1ccc([C@@H](c2nnnn2C2CCCCC2)[NH+]2CCN(C(=O)c3ccco3)CC2)cc1. The Labute approximate surface area is 200 Å². The summed E-state index contributed by atoms with van der Waals surface area (Å²) in [5.41, 5.74) is 2.37. The summed E-state index contributed by atoms with van der Waals surface area (Å²) < 4.78 is 7.43. The fraction of sp³-hybridized carbons (Fsp3) is 0.520. The number of hydrogen-bond acceptors (Lipinski definition) is 6. The number of nitrogens with one attached hydrogen (secondary N) is 1. The lowest BCUT2D eigenvalue weighted by Gasteiger charge is -2.36. The Morgan fingerprint density at radius 2 is 1.82 bits per heavy atom. The Bertz CT molecular complexity index is 1060. The van der Waals surface area contributed by atoms with E-state index in [-0.39, 0.29) is 11.9 Å². The van der Waals surface area contributed by atoms with Crippen molar-refractivity contribution in [2.24, 2.45) is 0 Å². The van der Waals surface area contributed by atoms with Gasteiger partial charge in [-0.25, -0.2) is 4.68 Å². The number of rotatable bonds is 6. The van der Waals surface area contributed by atoms with Crippen molar-refractivity contribution in [1.29, 1.82) is 0 Å². The lowest BCUT2D eigenvalue weighted by molar-refractivity contribution is -0.930. The predicted molar refractivity (Wildman–Crippen MR) is 128 cm³/mol. The molecule has 1 aromatic carbocycles. The van der Waals surface area contributed by atoms with Gasteiger partial charge in [0, 0.05) is 25.3 Å². The first-order valence-electron chi connectivity index (χ1n) is 12.3. The molecule has 2 aromatic heterocycles. The number of nitrogens with zero attached hydrogens (tertiary/aromatic N) is 6. The molecule has 3 heterocycles. The van der Waals surface area contributed by atoms with Crippen molar-refractivity contribution in [3.63, 3.8) is 0 Å². The standard InChI is InChI=1S/C25H33N7O2/c1-29(2)20-12-10-19(11-13-20)23(24-26-27-28-32(24)21-7-4-3-5-8-21)30-14-16-31(17-15-30)25(33)22-9-6-18-34-22/h6,9-13,18,21,23H,3-5,7-8,14-17H2,1-2H3/p+1/t23-/m0/s1. The normalized spacial score (nSPS) is 18.7. The van der Waals surface area contributed by atoms with Gasteiger partial charge in [0.15, 0.2) is 11.8 Å². The number of tetrazole rings is 1. The quantitative estimate of drug-likeness (QED) is 0.601. The fourth-order valence-electron chi connectivity index (χ4n) is 5.35. The van der Waals surface area contributed by atoms with Crippen LogP contribution in [-0.4, -0.2) is 71.3 Å². The summed E-state index contributed by atoms with van der Waals surface area (Å²) in [6.07, 6.45) is 7.56. The number of carbonyl (C=O) groups excluding carboxylic acids is 1. The summed E-state index contributed by atoms with van der Waals surface area (Å²) in [4.78, 5) is 18.2. The summed E-state index contributed by atoms with van der Waals surface area (Å²) in [6, 6.07) is 12.6. The highest BCUT2D eigenvalue weighted by molar-refractivity contribution is 5.91. The van der Waals surface area contributed by atoms with E-state index in [1.807, 2.05) is 4.90 Å². The van der Waals surface area contributed by atoms with E-state index >= 15 is 0 Å². The number of benzene rings is 1. The minimum absolute atomic E-state index is 0.0222. The van der Waals surface area contributed by atoms with E-state index in [1.54, 1.807) is 18.4 Å². The van der Waals surface area contributed by atoms with Gasteiger partial charge in [-0.05, 0) is 47.5 Å². The van der Waals surface area contributed by atoms with E-state index in [4.69, 9.17) is 4.42 Å². The summed E-state index contributed by atoms with van der Waals surface area (Å²) in [6.45, 7) is 2.99. The number of amides is 1. The number of hydrogen-bond donors (Lipinski definition) is 1. The second-order valence-electron chi connectivity index (χ2n) is 9.62. The second kappa shape index (κ2) is 9.97. The van der Waals surface area contributed by atoms with Crippen LogP contribution in [0.1, 0.15) is 66.1 Å². The minimum atomic E-state index is -0.0389. The summed E-state index contributed by atoms with van der Waals surface area (Å²) >= 11 is 0. The molecule has 1 N–H and O–H groups in total. The van der Waals surface area contributed by atoms with Gasteiger partial charge >= 0.3 is 0 Å². The highest BCUT2D eigenvalue weighted by Crippen LogP contribution is 2.30. The third kappa shape index (κ3) is 4.57. The first-order chi connectivity index (χ1) is 16.6. The predicted octanol–water partition coefficient (Wildman–Crippen LogP) is 1.97. The maximum atomic E-state index is 12.8. The van der Waals surface area contributed by atoms with Gasteiger partial charge < -0.3 is 19.1 Å². The zero-order valence-corrected chi connectivity index (χ0v) is 20.1. The molecule has 0 radical (unpaired) electrons. The van der Waals surface area contributed by atoms with Crippen molar-refractivity contribution in [3.05, 3.63) is 59.8 Å². The minimum Gasteiger partial charge on any atom is -0.459 e. The molecular weight excluding hydrogens is 430 g/mol. The van der Waals surface area contributed by atoms with Crippen molar-refractivity contribution >= 4 is 11.6 Å². The fourth-order valence-corrected chi connectivity index (χ4v) is 5.35. The Kier molecular flexibility index (Phi) is 6.62. The number of anilines is 1. The van der Waals surface area contributed by atoms with Crippen LogP contribution in [0.25, 0.3) is 0 Å². The smallest absolute Gasteiger partial charge is 0.289 e. The number of aromatic nitrogens is 4. The Balaban J connectivity index is 1.41. The van der Waals surface area contributed by atoms with Crippen molar-refractivity contribution in [1.82, 2.24) is 25.1 Å². The molecule has 9 nitrogen and oxygen atoms in total. The number of piperazine rings is 1. The van der Waals surface area contributed by atoms with Gasteiger partial charge in [0.1, 0.15) is 0 Å². The summed E-state index contributed by atoms with van der Waals surface area (Å²) in [5.74, 6) is 1.30. The maximum Gasteiger partial charge on any atom is 0.289 e. The molecule has 5 rings (SSSR count). The topological polar surface area (TPSA) is 84.7 Å². The van der Waals surface area contributed by atoms with Crippen molar-refractivity contribution in [3.8, 4) is 0 Å². The van der Waals surface area contributed by atoms with Gasteiger partial charge in [0.25, 0.3) is 5.91 Å². The molecule has 1 amide bonds. The van der Waals surface area contributed by atoms with Gasteiger partial charge in [0.2, 0.25) is 5.82 Å². The molecule has 1 aliphatic heterocycles. The van der Waals surface area contributed by atoms with Gasteiger partial charge in [-0.1, -0.05) is 31.4 Å². The monoisotopic (exact) mass is 464 g/mol. The lowest BCUT2D eigenvalue weighted by atomic mass is 9.95. The molecule has 1 saturated heterocycles. The first-order valence-corrected chi connectivity index (χ1v) is 12.3. The second-order valence-corrected chi connectivity index (χ2v) is 9.62. The van der Waals surface area contributed by atoms with Crippen LogP contribution in [0.2, 0.25) is 0 Å². The van der Waals surface area contributed by atoms with Gasteiger partial charge in [0.05, 0.1) is 38.5 Å². The Hall–Kier alpha value is -3.20. The summed E-state index contributed by atoms with van der Waals surface area (Å²) in [7, 11) is 4.10. The molecule has 1 atom stereocenters. The van der Waals surface area contributed by atoms with Crippen LogP contribution in [0.3, 0.4) is 0 Å². The molecule has 0 unspecified atom stereocenters. The van der Waals surface area contributed by atoms with Crippen LogP contribution in [-0.2, 0) is 0 Å². The van der Waals surface area contributed by atoms with Crippen LogP contribution < -0.4 is 9.80 Å². The molecule has 0 bridgehead atoms. The average molecular weight is 465 g/mol. The van der Waals surface area contributed by atoms with Crippen molar-refractivity contribution in [2.75, 3.05) is 45.2 Å². The number of quaternary nitrogens is 1. The number of furan rings is 1. The molecule has 9 heteroatoms. The molecule has 0 spiro atoms. The van der Waals surface area contributed by atoms with Gasteiger partial charge in [-0.2, -0.15) is 0 Å². The van der Waals surface area contributed by atoms with Crippen molar-refractivity contribution in [2.45, 2.75) is 44.2 Å². The Morgan fingerprint density at radius 3 is 2.47 bits per heavy atom. The zero-order valence-electron chi connectivity index (χ0n) is 20.1. The Morgan fingerprint density at radius 1 is 1.09 bits per heavy atom. The zero-order chi connectivity index (χ0) is 23.5. The van der Waals surface area contributed by atoms with E-state index in [0.29, 0.717) is 24.9 Å². The lowest BCUT2D eigenvalue weighted by Crippen LogP contribution is -3.15. The molecular formula is C25H34N7O2+. The third-order valence-corrected chi connectivity index (χ3v) is 7.27. The highest BCUT2D eigenvalue weighted by Gasteiger charge is 2.37. The van der Waals surface area contributed by atoms with Crippen LogP contribution in [0.4, 0.5) is 5.69 Å². The molecule has 34 heavy (non-hydrogen) atoms. The van der Waals surface area contributed by atoms with Crippen molar-refractivity contribution < 1.29 is 14.1 Å². The molecule has 2 aliphatic rings. The van der Waals surface area contributed by atoms with Crippen LogP contribution in [0.5, 0.6) is 0 Å². The molecule has 1 saturated carbocycles. The van der Waals surface area contributed by atoms with Crippen LogP contribution >= 0.6 is 0 Å². The third-order valence-electron chi connectivity index (χ3n) is 7.27. The largest absolute Gasteiger partial charge is 0.459 e. The molecule has 1 aliphatic carbocycles. The highest BCUT2D eigenvalue weighted by atomic mass is 16.3. The van der Waals surface area contributed by atoms with Crippen LogP contribution in [0, 0.1) is 0 Å². The van der Waals surface area contributed by atoms with Gasteiger partial charge in [-0.3, -0.25) is 4.79 Å². The van der Waals surface area contributed by atoms with Gasteiger partial charge in [-0.15, -0.1) is 5.10 Å².